The van der Waals surface area contributed by atoms with Crippen LogP contribution in [0.3, 0.4) is 0 Å². The Bertz CT molecular complexity index is 873. The van der Waals surface area contributed by atoms with Gasteiger partial charge in [0, 0.05) is 11.1 Å². The zero-order chi connectivity index (χ0) is 17.5. The van der Waals surface area contributed by atoms with Crippen molar-refractivity contribution in [2.24, 2.45) is 0 Å². The van der Waals surface area contributed by atoms with Gasteiger partial charge < -0.3 is 15.4 Å². The summed E-state index contributed by atoms with van der Waals surface area (Å²) in [6, 6.07) is 22.8. The van der Waals surface area contributed by atoms with Gasteiger partial charge in [0.2, 0.25) is 5.91 Å². The second kappa shape index (κ2) is 7.97. The van der Waals surface area contributed by atoms with Gasteiger partial charge in [-0.2, -0.15) is 0 Å². The normalized spacial score (nSPS) is 10.2. The molecule has 0 aliphatic rings. The molecule has 0 saturated carbocycles. The van der Waals surface area contributed by atoms with Crippen molar-refractivity contribution in [1.82, 2.24) is 5.32 Å². The van der Waals surface area contributed by atoms with Crippen LogP contribution in [0.15, 0.2) is 72.8 Å². The summed E-state index contributed by atoms with van der Waals surface area (Å²) in [5.41, 5.74) is 1.60. The number of fused-ring (bicyclic) bond motifs is 1. The smallest absolute Gasteiger partial charge is 0.407 e. The minimum Gasteiger partial charge on any atom is -0.445 e. The predicted molar refractivity (Wildman–Crippen MR) is 97.2 cm³/mol. The molecule has 3 aromatic rings. The summed E-state index contributed by atoms with van der Waals surface area (Å²) in [5.74, 6) is -0.312. The Kier molecular flexibility index (Phi) is 5.26. The molecule has 0 fully saturated rings. The second-order valence-corrected chi connectivity index (χ2v) is 5.49. The number of anilines is 1. The van der Waals surface area contributed by atoms with E-state index >= 15 is 0 Å². The third-order valence-corrected chi connectivity index (χ3v) is 3.67. The molecule has 0 bridgehead atoms. The van der Waals surface area contributed by atoms with Gasteiger partial charge in [0.05, 0.1) is 0 Å². The van der Waals surface area contributed by atoms with E-state index < -0.39 is 6.09 Å². The van der Waals surface area contributed by atoms with E-state index in [1.807, 2.05) is 72.8 Å². The molecule has 0 unspecified atom stereocenters. The average Bonchev–Trinajstić information content (AvgIpc) is 2.66. The van der Waals surface area contributed by atoms with E-state index in [0.29, 0.717) is 5.69 Å². The summed E-state index contributed by atoms with van der Waals surface area (Å²) < 4.78 is 5.07. The van der Waals surface area contributed by atoms with Crippen molar-refractivity contribution in [2.45, 2.75) is 6.61 Å². The van der Waals surface area contributed by atoms with E-state index in [2.05, 4.69) is 10.6 Å². The molecule has 0 heterocycles. The topological polar surface area (TPSA) is 67.4 Å². The van der Waals surface area contributed by atoms with Crippen LogP contribution in [0.1, 0.15) is 5.56 Å². The van der Waals surface area contributed by atoms with Gasteiger partial charge in [0.1, 0.15) is 13.2 Å². The zero-order valence-corrected chi connectivity index (χ0v) is 13.6. The predicted octanol–water partition coefficient (Wildman–Crippen LogP) is 3.70. The molecule has 0 radical (unpaired) electrons. The molecular formula is C20H18N2O3. The highest BCUT2D eigenvalue weighted by molar-refractivity contribution is 6.03. The van der Waals surface area contributed by atoms with Crippen molar-refractivity contribution in [3.05, 3.63) is 78.4 Å². The Morgan fingerprint density at radius 1 is 0.840 bits per heavy atom. The molecule has 0 aliphatic heterocycles. The third kappa shape index (κ3) is 4.57. The molecular weight excluding hydrogens is 316 g/mol. The number of nitrogens with one attached hydrogen (secondary N) is 2. The Hall–Kier alpha value is -3.34. The van der Waals surface area contributed by atoms with Crippen LogP contribution in [0, 0.1) is 0 Å². The van der Waals surface area contributed by atoms with Crippen LogP contribution in [0.4, 0.5) is 10.5 Å². The third-order valence-electron chi connectivity index (χ3n) is 3.67. The second-order valence-electron chi connectivity index (χ2n) is 5.49. The summed E-state index contributed by atoms with van der Waals surface area (Å²) in [4.78, 5) is 23.7. The quantitative estimate of drug-likeness (QED) is 0.747. The molecule has 3 rings (SSSR count). The van der Waals surface area contributed by atoms with Crippen molar-refractivity contribution in [3.8, 4) is 0 Å². The average molecular weight is 334 g/mol. The Labute approximate surface area is 145 Å². The molecule has 0 aliphatic carbocycles. The fraction of sp³-hybridized carbons (Fsp3) is 0.100. The van der Waals surface area contributed by atoms with Gasteiger partial charge in [-0.05, 0) is 17.0 Å². The van der Waals surface area contributed by atoms with Gasteiger partial charge in [0.15, 0.2) is 0 Å². The standard InChI is InChI=1S/C20H18N2O3/c23-19(13-21-20(24)25-14-15-7-2-1-3-8-15)22-18-12-6-10-16-9-4-5-11-17(16)18/h1-12H,13-14H2,(H,21,24)(H,22,23). The van der Waals surface area contributed by atoms with Gasteiger partial charge in [0.25, 0.3) is 0 Å². The van der Waals surface area contributed by atoms with Crippen LogP contribution < -0.4 is 10.6 Å². The van der Waals surface area contributed by atoms with Crippen LogP contribution in [0.25, 0.3) is 10.8 Å². The maximum atomic E-state index is 12.1. The molecule has 0 saturated heterocycles. The minimum atomic E-state index is -0.628. The number of carbonyl (C=O) groups is 2. The molecule has 5 heteroatoms. The fourth-order valence-electron chi connectivity index (χ4n) is 2.46. The highest BCUT2D eigenvalue weighted by Crippen LogP contribution is 2.22. The number of hydrogen-bond acceptors (Lipinski definition) is 3. The highest BCUT2D eigenvalue weighted by Gasteiger charge is 2.08. The lowest BCUT2D eigenvalue weighted by Gasteiger charge is -2.10. The van der Waals surface area contributed by atoms with Gasteiger partial charge in [-0.3, -0.25) is 4.79 Å². The maximum Gasteiger partial charge on any atom is 0.407 e. The van der Waals surface area contributed by atoms with Crippen molar-refractivity contribution >= 4 is 28.5 Å². The number of hydrogen-bond donors (Lipinski definition) is 2. The summed E-state index contributed by atoms with van der Waals surface area (Å²) in [6.45, 7) is 0.00839. The fourth-order valence-corrected chi connectivity index (χ4v) is 2.46. The van der Waals surface area contributed by atoms with Gasteiger partial charge in [-0.25, -0.2) is 4.79 Å². The first kappa shape index (κ1) is 16.5. The van der Waals surface area contributed by atoms with E-state index in [0.717, 1.165) is 16.3 Å². The summed E-state index contributed by atoms with van der Waals surface area (Å²) in [7, 11) is 0. The lowest BCUT2D eigenvalue weighted by Crippen LogP contribution is -2.33. The monoisotopic (exact) mass is 334 g/mol. The maximum absolute atomic E-state index is 12.1. The zero-order valence-electron chi connectivity index (χ0n) is 13.6. The lowest BCUT2D eigenvalue weighted by atomic mass is 10.1. The van der Waals surface area contributed by atoms with E-state index in [9.17, 15) is 9.59 Å². The van der Waals surface area contributed by atoms with Crippen molar-refractivity contribution in [2.75, 3.05) is 11.9 Å². The van der Waals surface area contributed by atoms with Gasteiger partial charge in [-0.1, -0.05) is 66.7 Å². The molecule has 0 atom stereocenters. The molecule has 3 aromatic carbocycles. The van der Waals surface area contributed by atoms with E-state index in [1.54, 1.807) is 0 Å². The van der Waals surface area contributed by atoms with Crippen molar-refractivity contribution in [1.29, 1.82) is 0 Å². The number of ether oxygens (including phenoxy) is 1. The van der Waals surface area contributed by atoms with Crippen LogP contribution in [-0.2, 0) is 16.1 Å². The number of amides is 2. The Morgan fingerprint density at radius 3 is 2.40 bits per heavy atom. The van der Waals surface area contributed by atoms with Crippen LogP contribution in [-0.4, -0.2) is 18.5 Å². The van der Waals surface area contributed by atoms with Crippen LogP contribution >= 0.6 is 0 Å². The van der Waals surface area contributed by atoms with Crippen molar-refractivity contribution < 1.29 is 14.3 Å². The molecule has 5 nitrogen and oxygen atoms in total. The van der Waals surface area contributed by atoms with Crippen LogP contribution in [0.5, 0.6) is 0 Å². The molecule has 2 N–H and O–H groups in total. The summed E-state index contributed by atoms with van der Waals surface area (Å²) in [6.07, 6.45) is -0.628. The Balaban J connectivity index is 1.50. The largest absolute Gasteiger partial charge is 0.445 e. The number of alkyl carbamates (subject to hydrolysis) is 1. The summed E-state index contributed by atoms with van der Waals surface area (Å²) in [5, 5.41) is 7.24. The molecule has 0 spiro atoms. The van der Waals surface area contributed by atoms with E-state index in [4.69, 9.17) is 4.74 Å². The van der Waals surface area contributed by atoms with Crippen molar-refractivity contribution in [3.63, 3.8) is 0 Å². The first-order chi connectivity index (χ1) is 12.2. The van der Waals surface area contributed by atoms with Crippen LogP contribution in [0.2, 0.25) is 0 Å². The number of rotatable bonds is 5. The minimum absolute atomic E-state index is 0.156. The van der Waals surface area contributed by atoms with E-state index in [1.165, 1.54) is 0 Å². The van der Waals surface area contributed by atoms with Gasteiger partial charge in [-0.15, -0.1) is 0 Å². The number of benzene rings is 3. The highest BCUT2D eigenvalue weighted by atomic mass is 16.5. The number of carbonyl (C=O) groups excluding carboxylic acids is 2. The SMILES string of the molecule is O=C(CNC(=O)OCc1ccccc1)Nc1cccc2ccccc12. The molecule has 2 amide bonds. The lowest BCUT2D eigenvalue weighted by molar-refractivity contribution is -0.115. The van der Waals surface area contributed by atoms with Gasteiger partial charge >= 0.3 is 6.09 Å². The molecule has 25 heavy (non-hydrogen) atoms. The first-order valence-corrected chi connectivity index (χ1v) is 7.94. The summed E-state index contributed by atoms with van der Waals surface area (Å²) >= 11 is 0. The Morgan fingerprint density at radius 2 is 1.56 bits per heavy atom. The first-order valence-electron chi connectivity index (χ1n) is 7.94. The molecule has 0 aromatic heterocycles. The molecule has 126 valence electrons. The van der Waals surface area contributed by atoms with E-state index in [-0.39, 0.29) is 19.1 Å².